The molecule has 6 nitrogen and oxygen atoms in total. The third-order valence-corrected chi connectivity index (χ3v) is 4.78. The number of fused-ring (bicyclic) bond motifs is 1. The molecule has 1 fully saturated rings. The predicted octanol–water partition coefficient (Wildman–Crippen LogP) is 0.794. The number of aliphatic hydroxyl groups is 1. The average molecular weight is 293 g/mol. The van der Waals surface area contributed by atoms with Crippen LogP contribution in [0.3, 0.4) is 0 Å². The lowest BCUT2D eigenvalue weighted by molar-refractivity contribution is 0.0904. The first-order valence-electron chi connectivity index (χ1n) is 6.51. The van der Waals surface area contributed by atoms with E-state index in [1.807, 2.05) is 0 Å². The number of aliphatic hydroxyl groups excluding tert-OH is 1. The van der Waals surface area contributed by atoms with Gasteiger partial charge in [0.05, 0.1) is 22.7 Å². The Bertz CT molecular complexity index is 717. The SMILES string of the molecule is Cc1c(C(=O)NCC(O)C2CC2)sc2nc[nH]c(=O)c12. The summed E-state index contributed by atoms with van der Waals surface area (Å²) >= 11 is 1.20. The van der Waals surface area contributed by atoms with Crippen LogP contribution in [-0.4, -0.2) is 33.6 Å². The van der Waals surface area contributed by atoms with Gasteiger partial charge in [0.2, 0.25) is 0 Å². The van der Waals surface area contributed by atoms with Crippen LogP contribution in [0.4, 0.5) is 0 Å². The number of nitrogens with one attached hydrogen (secondary N) is 2. The highest BCUT2D eigenvalue weighted by atomic mass is 32.1. The van der Waals surface area contributed by atoms with Gasteiger partial charge in [0.25, 0.3) is 11.5 Å². The normalized spacial score (nSPS) is 16.3. The number of amides is 1. The number of H-pyrrole nitrogens is 1. The van der Waals surface area contributed by atoms with Crippen LogP contribution in [0.5, 0.6) is 0 Å². The van der Waals surface area contributed by atoms with Crippen molar-refractivity contribution >= 4 is 27.5 Å². The molecule has 0 bridgehead atoms. The smallest absolute Gasteiger partial charge is 0.261 e. The molecule has 1 aliphatic rings. The van der Waals surface area contributed by atoms with Crippen molar-refractivity contribution in [1.29, 1.82) is 0 Å². The Kier molecular flexibility index (Phi) is 3.31. The van der Waals surface area contributed by atoms with E-state index in [2.05, 4.69) is 15.3 Å². The molecule has 0 spiro atoms. The molecule has 1 aliphatic carbocycles. The third kappa shape index (κ3) is 2.34. The Morgan fingerprint density at radius 2 is 2.40 bits per heavy atom. The van der Waals surface area contributed by atoms with Crippen LogP contribution in [-0.2, 0) is 0 Å². The van der Waals surface area contributed by atoms with Crippen LogP contribution < -0.4 is 10.9 Å². The fourth-order valence-electron chi connectivity index (χ4n) is 2.22. The minimum atomic E-state index is -0.477. The van der Waals surface area contributed by atoms with Crippen molar-refractivity contribution in [2.24, 2.45) is 5.92 Å². The molecule has 1 atom stereocenters. The number of thiophene rings is 1. The van der Waals surface area contributed by atoms with Crippen molar-refractivity contribution < 1.29 is 9.90 Å². The zero-order valence-electron chi connectivity index (χ0n) is 11.0. The summed E-state index contributed by atoms with van der Waals surface area (Å²) in [5, 5.41) is 12.9. The number of carbonyl (C=O) groups excluding carboxylic acids is 1. The summed E-state index contributed by atoms with van der Waals surface area (Å²) in [6.07, 6.45) is 2.91. The lowest BCUT2D eigenvalue weighted by atomic mass is 10.2. The number of aryl methyl sites for hydroxylation is 1. The predicted molar refractivity (Wildman–Crippen MR) is 76.0 cm³/mol. The molecule has 2 heterocycles. The summed E-state index contributed by atoms with van der Waals surface area (Å²) in [4.78, 5) is 31.5. The summed E-state index contributed by atoms with van der Waals surface area (Å²) in [5.41, 5.74) is 0.401. The van der Waals surface area contributed by atoms with E-state index in [9.17, 15) is 14.7 Å². The fraction of sp³-hybridized carbons (Fsp3) is 0.462. The minimum Gasteiger partial charge on any atom is -0.391 e. The quantitative estimate of drug-likeness (QED) is 0.777. The summed E-state index contributed by atoms with van der Waals surface area (Å²) < 4.78 is 0. The van der Waals surface area contributed by atoms with E-state index in [4.69, 9.17) is 0 Å². The second-order valence-corrected chi connectivity index (χ2v) is 6.08. The van der Waals surface area contributed by atoms with Crippen molar-refractivity contribution in [2.75, 3.05) is 6.54 Å². The minimum absolute atomic E-state index is 0.235. The molecule has 0 aliphatic heterocycles. The van der Waals surface area contributed by atoms with Crippen molar-refractivity contribution in [3.63, 3.8) is 0 Å². The van der Waals surface area contributed by atoms with Gasteiger partial charge in [-0.3, -0.25) is 9.59 Å². The number of aromatic nitrogens is 2. The lowest BCUT2D eigenvalue weighted by Gasteiger charge is -2.10. The van der Waals surface area contributed by atoms with Crippen LogP contribution in [0, 0.1) is 12.8 Å². The summed E-state index contributed by atoms with van der Waals surface area (Å²) in [7, 11) is 0. The van der Waals surface area contributed by atoms with Gasteiger partial charge >= 0.3 is 0 Å². The number of hydrogen-bond acceptors (Lipinski definition) is 5. The number of carbonyl (C=O) groups is 1. The van der Waals surface area contributed by atoms with Gasteiger partial charge in [-0.2, -0.15) is 0 Å². The van der Waals surface area contributed by atoms with E-state index in [1.165, 1.54) is 17.7 Å². The Labute approximate surface area is 118 Å². The van der Waals surface area contributed by atoms with Crippen LogP contribution in [0.1, 0.15) is 28.1 Å². The first kappa shape index (κ1) is 13.3. The molecular weight excluding hydrogens is 278 g/mol. The molecule has 1 saturated carbocycles. The molecule has 1 amide bonds. The van der Waals surface area contributed by atoms with Crippen molar-refractivity contribution in [2.45, 2.75) is 25.9 Å². The Morgan fingerprint density at radius 3 is 3.05 bits per heavy atom. The van der Waals surface area contributed by atoms with Gasteiger partial charge in [-0.25, -0.2) is 4.98 Å². The van der Waals surface area contributed by atoms with E-state index in [0.29, 0.717) is 26.6 Å². The zero-order chi connectivity index (χ0) is 14.3. The molecule has 20 heavy (non-hydrogen) atoms. The third-order valence-electron chi connectivity index (χ3n) is 3.58. The summed E-state index contributed by atoms with van der Waals surface area (Å²) in [5.74, 6) is 0.0629. The van der Waals surface area contributed by atoms with Crippen molar-refractivity contribution in [1.82, 2.24) is 15.3 Å². The van der Waals surface area contributed by atoms with Gasteiger partial charge in [-0.1, -0.05) is 0 Å². The maximum Gasteiger partial charge on any atom is 0.261 e. The van der Waals surface area contributed by atoms with Crippen LogP contribution in [0.2, 0.25) is 0 Å². The molecular formula is C13H15N3O3S. The molecule has 7 heteroatoms. The highest BCUT2D eigenvalue weighted by Crippen LogP contribution is 2.32. The molecule has 106 valence electrons. The molecule has 3 N–H and O–H groups in total. The molecule has 2 aromatic heterocycles. The molecule has 3 rings (SSSR count). The molecule has 0 radical (unpaired) electrons. The number of aromatic amines is 1. The van der Waals surface area contributed by atoms with Gasteiger partial charge < -0.3 is 15.4 Å². The number of nitrogens with zero attached hydrogens (tertiary/aromatic N) is 1. The second kappa shape index (κ2) is 4.99. The van der Waals surface area contributed by atoms with Gasteiger partial charge in [-0.05, 0) is 31.2 Å². The topological polar surface area (TPSA) is 95.1 Å². The Hall–Kier alpha value is -1.73. The molecule has 0 aromatic carbocycles. The second-order valence-electron chi connectivity index (χ2n) is 5.08. The van der Waals surface area contributed by atoms with E-state index < -0.39 is 6.10 Å². The zero-order valence-corrected chi connectivity index (χ0v) is 11.8. The van der Waals surface area contributed by atoms with Crippen molar-refractivity contribution in [3.05, 3.63) is 27.1 Å². The maximum absolute atomic E-state index is 12.1. The average Bonchev–Trinajstić information content (AvgIpc) is 3.21. The first-order valence-corrected chi connectivity index (χ1v) is 7.32. The van der Waals surface area contributed by atoms with Gasteiger partial charge in [0.1, 0.15) is 4.83 Å². The van der Waals surface area contributed by atoms with Crippen LogP contribution in [0.25, 0.3) is 10.2 Å². The first-order chi connectivity index (χ1) is 9.58. The monoisotopic (exact) mass is 293 g/mol. The highest BCUT2D eigenvalue weighted by molar-refractivity contribution is 7.20. The van der Waals surface area contributed by atoms with Crippen LogP contribution in [0.15, 0.2) is 11.1 Å². The van der Waals surface area contributed by atoms with Gasteiger partial charge in [0.15, 0.2) is 0 Å². The van der Waals surface area contributed by atoms with E-state index in [-0.39, 0.29) is 18.0 Å². The van der Waals surface area contributed by atoms with Crippen LogP contribution >= 0.6 is 11.3 Å². The maximum atomic E-state index is 12.1. The van der Waals surface area contributed by atoms with Gasteiger partial charge in [0, 0.05) is 6.54 Å². The molecule has 2 aromatic rings. The Morgan fingerprint density at radius 1 is 1.65 bits per heavy atom. The molecule has 1 unspecified atom stereocenters. The Balaban J connectivity index is 1.82. The largest absolute Gasteiger partial charge is 0.391 e. The number of hydrogen-bond donors (Lipinski definition) is 3. The van der Waals surface area contributed by atoms with E-state index in [0.717, 1.165) is 12.8 Å². The van der Waals surface area contributed by atoms with Crippen molar-refractivity contribution in [3.8, 4) is 0 Å². The van der Waals surface area contributed by atoms with E-state index in [1.54, 1.807) is 6.92 Å². The van der Waals surface area contributed by atoms with E-state index >= 15 is 0 Å². The summed E-state index contributed by atoms with van der Waals surface area (Å²) in [6.45, 7) is 1.99. The lowest BCUT2D eigenvalue weighted by Crippen LogP contribution is -2.33. The summed E-state index contributed by atoms with van der Waals surface area (Å²) in [6, 6.07) is 0. The fourth-order valence-corrected chi connectivity index (χ4v) is 3.29. The molecule has 0 saturated heterocycles. The highest BCUT2D eigenvalue weighted by Gasteiger charge is 2.30. The van der Waals surface area contributed by atoms with Gasteiger partial charge in [-0.15, -0.1) is 11.3 Å². The standard InChI is InChI=1S/C13H15N3O3S/c1-6-9-11(18)15-5-16-13(9)20-10(6)12(19)14-4-8(17)7-2-3-7/h5,7-8,17H,2-4H2,1H3,(H,14,19)(H,15,16,18). The number of rotatable bonds is 4.